The van der Waals surface area contributed by atoms with E-state index in [4.69, 9.17) is 0 Å². The molecule has 1 fully saturated rings. The highest BCUT2D eigenvalue weighted by atomic mass is 16.2. The number of nitrogens with one attached hydrogen (secondary N) is 2. The molecule has 27 heavy (non-hydrogen) atoms. The van der Waals surface area contributed by atoms with Crippen LogP contribution >= 0.6 is 0 Å². The Hall–Kier alpha value is -2.99. The second-order valence-corrected chi connectivity index (χ2v) is 6.95. The van der Waals surface area contributed by atoms with Gasteiger partial charge in [-0.05, 0) is 28.8 Å². The fourth-order valence-corrected chi connectivity index (χ4v) is 3.75. The van der Waals surface area contributed by atoms with Gasteiger partial charge in [0.25, 0.3) is 0 Å². The molecule has 0 saturated carbocycles. The molecule has 4 rings (SSSR count). The SMILES string of the molecule is Cn1cc([C@H]2CNC[C@@H]2C(=O)NC(c2ccccc2)c2ccncc2)cn1. The Kier molecular flexibility index (Phi) is 4.98. The second-order valence-electron chi connectivity index (χ2n) is 6.95. The summed E-state index contributed by atoms with van der Waals surface area (Å²) in [6, 6.07) is 13.7. The summed E-state index contributed by atoms with van der Waals surface area (Å²) in [5, 5.41) is 10.9. The van der Waals surface area contributed by atoms with Gasteiger partial charge in [0.1, 0.15) is 0 Å². The largest absolute Gasteiger partial charge is 0.345 e. The lowest BCUT2D eigenvalue weighted by atomic mass is 9.89. The van der Waals surface area contributed by atoms with Crippen molar-refractivity contribution in [2.24, 2.45) is 13.0 Å². The van der Waals surface area contributed by atoms with Crippen molar-refractivity contribution in [3.8, 4) is 0 Å². The maximum Gasteiger partial charge on any atom is 0.225 e. The van der Waals surface area contributed by atoms with Crippen LogP contribution in [0.15, 0.2) is 67.3 Å². The van der Waals surface area contributed by atoms with Crippen molar-refractivity contribution >= 4 is 5.91 Å². The van der Waals surface area contributed by atoms with Crippen LogP contribution in [0.1, 0.15) is 28.7 Å². The molecular formula is C21H23N5O. The van der Waals surface area contributed by atoms with Gasteiger partial charge in [-0.2, -0.15) is 5.10 Å². The zero-order chi connectivity index (χ0) is 18.6. The molecule has 3 heterocycles. The summed E-state index contributed by atoms with van der Waals surface area (Å²) in [7, 11) is 1.90. The van der Waals surface area contributed by atoms with Gasteiger partial charge in [0.05, 0.1) is 18.2 Å². The lowest BCUT2D eigenvalue weighted by Gasteiger charge is -2.24. The minimum atomic E-state index is -0.197. The lowest BCUT2D eigenvalue weighted by Crippen LogP contribution is -2.37. The number of carbonyl (C=O) groups is 1. The molecule has 3 atom stereocenters. The Balaban J connectivity index is 1.58. The summed E-state index contributed by atoms with van der Waals surface area (Å²) in [5.74, 6) is 0.0642. The lowest BCUT2D eigenvalue weighted by molar-refractivity contribution is -0.125. The van der Waals surface area contributed by atoms with E-state index in [1.54, 1.807) is 17.1 Å². The monoisotopic (exact) mass is 361 g/mol. The molecule has 6 heteroatoms. The third-order valence-corrected chi connectivity index (χ3v) is 5.16. The van der Waals surface area contributed by atoms with Gasteiger partial charge in [0.2, 0.25) is 5.91 Å². The molecule has 0 bridgehead atoms. The number of nitrogens with zero attached hydrogens (tertiary/aromatic N) is 3. The number of amides is 1. The molecule has 1 amide bonds. The van der Waals surface area contributed by atoms with Crippen molar-refractivity contribution in [1.82, 2.24) is 25.4 Å². The number of aromatic nitrogens is 3. The molecule has 2 N–H and O–H groups in total. The summed E-state index contributed by atoms with van der Waals surface area (Å²) in [6.07, 6.45) is 7.37. The average Bonchev–Trinajstić information content (AvgIpc) is 3.36. The minimum Gasteiger partial charge on any atom is -0.345 e. The summed E-state index contributed by atoms with van der Waals surface area (Å²) in [4.78, 5) is 17.3. The molecule has 138 valence electrons. The van der Waals surface area contributed by atoms with Crippen LogP contribution in [0.4, 0.5) is 0 Å². The van der Waals surface area contributed by atoms with E-state index < -0.39 is 0 Å². The number of hydrogen-bond donors (Lipinski definition) is 2. The van der Waals surface area contributed by atoms with E-state index in [0.717, 1.165) is 23.2 Å². The van der Waals surface area contributed by atoms with Crippen molar-refractivity contribution < 1.29 is 4.79 Å². The fourth-order valence-electron chi connectivity index (χ4n) is 3.75. The topological polar surface area (TPSA) is 71.8 Å². The molecule has 2 aromatic heterocycles. The molecule has 1 saturated heterocycles. The summed E-state index contributed by atoms with van der Waals surface area (Å²) in [6.45, 7) is 1.46. The van der Waals surface area contributed by atoms with E-state index in [-0.39, 0.29) is 23.8 Å². The van der Waals surface area contributed by atoms with Gasteiger partial charge in [0, 0.05) is 44.6 Å². The summed E-state index contributed by atoms with van der Waals surface area (Å²) >= 11 is 0. The molecule has 1 unspecified atom stereocenters. The summed E-state index contributed by atoms with van der Waals surface area (Å²) < 4.78 is 1.78. The van der Waals surface area contributed by atoms with Crippen LogP contribution in [0.3, 0.4) is 0 Å². The molecule has 0 spiro atoms. The van der Waals surface area contributed by atoms with Crippen LogP contribution in [-0.2, 0) is 11.8 Å². The van der Waals surface area contributed by atoms with E-state index in [1.807, 2.05) is 61.9 Å². The highest BCUT2D eigenvalue weighted by molar-refractivity contribution is 5.81. The normalized spacial score (nSPS) is 20.3. The molecule has 0 aliphatic carbocycles. The van der Waals surface area contributed by atoms with Crippen LogP contribution in [0.5, 0.6) is 0 Å². The van der Waals surface area contributed by atoms with E-state index in [2.05, 4.69) is 20.7 Å². The predicted octanol–water partition coefficient (Wildman–Crippen LogP) is 2.02. The van der Waals surface area contributed by atoms with Crippen LogP contribution < -0.4 is 10.6 Å². The summed E-state index contributed by atoms with van der Waals surface area (Å²) in [5.41, 5.74) is 3.18. The van der Waals surface area contributed by atoms with Crippen molar-refractivity contribution in [3.05, 3.63) is 83.9 Å². The van der Waals surface area contributed by atoms with Gasteiger partial charge in [-0.15, -0.1) is 0 Å². The Bertz CT molecular complexity index is 854. The van der Waals surface area contributed by atoms with Gasteiger partial charge in [-0.25, -0.2) is 0 Å². The molecule has 1 aliphatic rings. The Morgan fingerprint density at radius 2 is 1.89 bits per heavy atom. The molecule has 6 nitrogen and oxygen atoms in total. The third-order valence-electron chi connectivity index (χ3n) is 5.16. The smallest absolute Gasteiger partial charge is 0.225 e. The molecule has 0 radical (unpaired) electrons. The maximum absolute atomic E-state index is 13.2. The first kappa shape index (κ1) is 17.4. The van der Waals surface area contributed by atoms with Gasteiger partial charge in [-0.1, -0.05) is 30.3 Å². The van der Waals surface area contributed by atoms with Gasteiger partial charge >= 0.3 is 0 Å². The van der Waals surface area contributed by atoms with Gasteiger partial charge in [-0.3, -0.25) is 14.5 Å². The molecule has 1 aromatic carbocycles. The minimum absolute atomic E-state index is 0.0551. The molecule has 1 aliphatic heterocycles. The zero-order valence-corrected chi connectivity index (χ0v) is 15.2. The van der Waals surface area contributed by atoms with Crippen molar-refractivity contribution in [3.63, 3.8) is 0 Å². The quantitative estimate of drug-likeness (QED) is 0.729. The van der Waals surface area contributed by atoms with Crippen LogP contribution in [-0.4, -0.2) is 33.8 Å². The second kappa shape index (κ2) is 7.72. The molecule has 3 aromatic rings. The first-order valence-electron chi connectivity index (χ1n) is 9.17. The predicted molar refractivity (Wildman–Crippen MR) is 103 cm³/mol. The zero-order valence-electron chi connectivity index (χ0n) is 15.2. The maximum atomic E-state index is 13.2. The first-order chi connectivity index (χ1) is 13.2. The molecular weight excluding hydrogens is 338 g/mol. The number of carbonyl (C=O) groups excluding carboxylic acids is 1. The van der Waals surface area contributed by atoms with E-state index in [9.17, 15) is 4.79 Å². The van der Waals surface area contributed by atoms with Crippen molar-refractivity contribution in [1.29, 1.82) is 0 Å². The van der Waals surface area contributed by atoms with Crippen LogP contribution in [0.2, 0.25) is 0 Å². The standard InChI is InChI=1S/C21H23N5O/c1-26-14-17(11-24-26)18-12-23-13-19(18)21(27)25-20(15-5-3-2-4-6-15)16-7-9-22-10-8-16/h2-11,14,18-20,23H,12-13H2,1H3,(H,25,27)/t18-,19+,20?/m1/s1. The van der Waals surface area contributed by atoms with E-state index in [1.165, 1.54) is 0 Å². The fraction of sp³-hybridized carbons (Fsp3) is 0.286. The highest BCUT2D eigenvalue weighted by Gasteiger charge is 2.35. The highest BCUT2D eigenvalue weighted by Crippen LogP contribution is 2.29. The van der Waals surface area contributed by atoms with Gasteiger partial charge in [0.15, 0.2) is 0 Å². The van der Waals surface area contributed by atoms with Gasteiger partial charge < -0.3 is 10.6 Å². The first-order valence-corrected chi connectivity index (χ1v) is 9.17. The number of pyridine rings is 1. The van der Waals surface area contributed by atoms with E-state index in [0.29, 0.717) is 6.54 Å². The van der Waals surface area contributed by atoms with Crippen molar-refractivity contribution in [2.75, 3.05) is 13.1 Å². The number of aryl methyl sites for hydroxylation is 1. The average molecular weight is 361 g/mol. The third kappa shape index (κ3) is 3.75. The Morgan fingerprint density at radius 1 is 1.15 bits per heavy atom. The van der Waals surface area contributed by atoms with Crippen LogP contribution in [0, 0.1) is 5.92 Å². The number of hydrogen-bond acceptors (Lipinski definition) is 4. The van der Waals surface area contributed by atoms with Crippen LogP contribution in [0.25, 0.3) is 0 Å². The Morgan fingerprint density at radius 3 is 2.59 bits per heavy atom. The van der Waals surface area contributed by atoms with E-state index >= 15 is 0 Å². The number of benzene rings is 1. The number of rotatable bonds is 5. The van der Waals surface area contributed by atoms with Crippen molar-refractivity contribution in [2.45, 2.75) is 12.0 Å². The Labute approximate surface area is 158 Å².